The molecule has 1 amide bonds. The van der Waals surface area contributed by atoms with Crippen LogP contribution in [0.4, 0.5) is 0 Å². The Balaban J connectivity index is 2.72. The first-order valence-electron chi connectivity index (χ1n) is 7.58. The van der Waals surface area contributed by atoms with Gasteiger partial charge in [-0.25, -0.2) is 8.42 Å². The Bertz CT molecular complexity index is 637. The summed E-state index contributed by atoms with van der Waals surface area (Å²) in [5.41, 5.74) is 0.386. The number of sulfone groups is 1. The number of benzene rings is 1. The molecule has 0 spiro atoms. The van der Waals surface area contributed by atoms with E-state index in [-0.39, 0.29) is 23.0 Å². The molecule has 7 heteroatoms. The summed E-state index contributed by atoms with van der Waals surface area (Å²) in [5.74, 6) is -1.05. The van der Waals surface area contributed by atoms with Crippen molar-refractivity contribution in [3.05, 3.63) is 29.8 Å². The highest BCUT2D eigenvalue weighted by Gasteiger charge is 2.16. The molecule has 0 aromatic heterocycles. The Morgan fingerprint density at radius 2 is 1.74 bits per heavy atom. The predicted molar refractivity (Wildman–Crippen MR) is 87.2 cm³/mol. The minimum atomic E-state index is -3.30. The van der Waals surface area contributed by atoms with Gasteiger partial charge in [0.25, 0.3) is 5.91 Å². The van der Waals surface area contributed by atoms with Crippen LogP contribution in [0.25, 0.3) is 0 Å². The fourth-order valence-corrected chi connectivity index (χ4v) is 3.50. The van der Waals surface area contributed by atoms with E-state index in [1.807, 2.05) is 6.92 Å². The molecule has 0 radical (unpaired) electrons. The molecule has 0 atom stereocenters. The molecule has 0 bridgehead atoms. The maximum Gasteiger partial charge on any atom is 0.303 e. The number of carbonyl (C=O) groups is 2. The molecule has 0 fully saturated rings. The molecule has 0 saturated carbocycles. The van der Waals surface area contributed by atoms with Crippen molar-refractivity contribution in [2.24, 2.45) is 0 Å². The third kappa shape index (κ3) is 6.02. The number of rotatable bonds is 9. The number of unbranched alkanes of at least 4 members (excludes halogenated alkanes) is 1. The van der Waals surface area contributed by atoms with Gasteiger partial charge in [0, 0.05) is 25.6 Å². The van der Waals surface area contributed by atoms with Crippen molar-refractivity contribution >= 4 is 21.7 Å². The number of carbonyl (C=O) groups excluding carboxylic acids is 1. The summed E-state index contributed by atoms with van der Waals surface area (Å²) in [6.45, 7) is 2.26. The number of amides is 1. The monoisotopic (exact) mass is 341 g/mol. The third-order valence-corrected chi connectivity index (χ3v) is 5.27. The molecule has 0 heterocycles. The number of carboxylic acid groups (broad SMARTS) is 1. The summed E-state index contributed by atoms with van der Waals surface area (Å²) in [6, 6.07) is 5.89. The summed E-state index contributed by atoms with van der Waals surface area (Å²) in [7, 11) is -1.71. The lowest BCUT2D eigenvalue weighted by Crippen LogP contribution is -2.28. The fraction of sp³-hybridized carbons (Fsp3) is 0.500. The Kier molecular flexibility index (Phi) is 7.22. The van der Waals surface area contributed by atoms with E-state index < -0.39 is 15.8 Å². The van der Waals surface area contributed by atoms with E-state index in [1.54, 1.807) is 7.05 Å². The smallest absolute Gasteiger partial charge is 0.303 e. The molecule has 1 aromatic rings. The van der Waals surface area contributed by atoms with Gasteiger partial charge in [0.2, 0.25) is 0 Å². The van der Waals surface area contributed by atoms with Crippen molar-refractivity contribution in [2.75, 3.05) is 19.3 Å². The predicted octanol–water partition coefficient (Wildman–Crippen LogP) is 2.20. The highest BCUT2D eigenvalue weighted by molar-refractivity contribution is 7.91. The van der Waals surface area contributed by atoms with Crippen LogP contribution >= 0.6 is 0 Å². The molecule has 1 N–H and O–H groups in total. The minimum Gasteiger partial charge on any atom is -0.481 e. The van der Waals surface area contributed by atoms with E-state index >= 15 is 0 Å². The second kappa shape index (κ2) is 8.67. The fourth-order valence-electron chi connectivity index (χ4n) is 2.05. The van der Waals surface area contributed by atoms with Crippen LogP contribution in [0, 0.1) is 0 Å². The number of aliphatic carboxylic acids is 1. The van der Waals surface area contributed by atoms with Gasteiger partial charge in [-0.1, -0.05) is 13.3 Å². The van der Waals surface area contributed by atoms with Gasteiger partial charge in [0.15, 0.2) is 9.84 Å². The lowest BCUT2D eigenvalue weighted by atomic mass is 10.2. The molecule has 0 saturated heterocycles. The van der Waals surface area contributed by atoms with Crippen LogP contribution in [0.15, 0.2) is 29.2 Å². The van der Waals surface area contributed by atoms with Crippen LogP contribution in [0.1, 0.15) is 43.0 Å². The van der Waals surface area contributed by atoms with Gasteiger partial charge in [-0.2, -0.15) is 0 Å². The van der Waals surface area contributed by atoms with Crippen molar-refractivity contribution in [3.8, 4) is 0 Å². The zero-order chi connectivity index (χ0) is 17.5. The molecule has 23 heavy (non-hydrogen) atoms. The lowest BCUT2D eigenvalue weighted by molar-refractivity contribution is -0.137. The van der Waals surface area contributed by atoms with Gasteiger partial charge in [0.1, 0.15) is 0 Å². The molecular formula is C16H23NO5S. The van der Waals surface area contributed by atoms with Crippen molar-refractivity contribution < 1.29 is 23.1 Å². The second-order valence-electron chi connectivity index (χ2n) is 5.42. The maximum atomic E-state index is 12.2. The molecule has 0 aliphatic rings. The average Bonchev–Trinajstić information content (AvgIpc) is 2.52. The van der Waals surface area contributed by atoms with Crippen LogP contribution in [-0.2, 0) is 14.6 Å². The quantitative estimate of drug-likeness (QED) is 0.743. The first-order chi connectivity index (χ1) is 10.8. The van der Waals surface area contributed by atoms with Gasteiger partial charge < -0.3 is 10.0 Å². The van der Waals surface area contributed by atoms with E-state index in [0.717, 1.165) is 6.42 Å². The van der Waals surface area contributed by atoms with Gasteiger partial charge in [0.05, 0.1) is 10.6 Å². The lowest BCUT2D eigenvalue weighted by Gasteiger charge is -2.16. The minimum absolute atomic E-state index is 0.00618. The van der Waals surface area contributed by atoms with Gasteiger partial charge >= 0.3 is 5.97 Å². The van der Waals surface area contributed by atoms with Gasteiger partial charge in [-0.3, -0.25) is 9.59 Å². The Morgan fingerprint density at radius 1 is 1.13 bits per heavy atom. The SMILES string of the molecule is CCCCS(=O)(=O)c1ccc(C(=O)N(C)CCCC(=O)O)cc1. The second-order valence-corrected chi connectivity index (χ2v) is 7.53. The average molecular weight is 341 g/mol. The number of carboxylic acids is 1. The molecule has 1 rings (SSSR count). The molecular weight excluding hydrogens is 318 g/mol. The van der Waals surface area contributed by atoms with Crippen LogP contribution in [0.2, 0.25) is 0 Å². The topological polar surface area (TPSA) is 91.8 Å². The summed E-state index contributed by atoms with van der Waals surface area (Å²) in [4.78, 5) is 24.3. The molecule has 0 aliphatic carbocycles. The van der Waals surface area contributed by atoms with E-state index in [0.29, 0.717) is 24.9 Å². The van der Waals surface area contributed by atoms with Crippen LogP contribution < -0.4 is 0 Å². The summed E-state index contributed by atoms with van der Waals surface area (Å²) in [5, 5.41) is 8.59. The zero-order valence-electron chi connectivity index (χ0n) is 13.5. The molecule has 0 aliphatic heterocycles. The van der Waals surface area contributed by atoms with Gasteiger partial charge in [-0.05, 0) is 37.1 Å². The van der Waals surface area contributed by atoms with Crippen molar-refractivity contribution in [1.82, 2.24) is 4.90 Å². The van der Waals surface area contributed by atoms with E-state index in [4.69, 9.17) is 5.11 Å². The first-order valence-corrected chi connectivity index (χ1v) is 9.23. The van der Waals surface area contributed by atoms with Crippen molar-refractivity contribution in [1.29, 1.82) is 0 Å². The first kappa shape index (κ1) is 19.2. The zero-order valence-corrected chi connectivity index (χ0v) is 14.3. The van der Waals surface area contributed by atoms with Crippen LogP contribution in [0.5, 0.6) is 0 Å². The standard InChI is InChI=1S/C16H23NO5S/c1-3-4-12-23(21,22)14-9-7-13(8-10-14)16(20)17(2)11-5-6-15(18)19/h7-10H,3-6,11-12H2,1-2H3,(H,18,19). The van der Waals surface area contributed by atoms with Gasteiger partial charge in [-0.15, -0.1) is 0 Å². The highest BCUT2D eigenvalue weighted by Crippen LogP contribution is 2.15. The summed E-state index contributed by atoms with van der Waals surface area (Å²) < 4.78 is 24.1. The molecule has 6 nitrogen and oxygen atoms in total. The Morgan fingerprint density at radius 3 is 2.26 bits per heavy atom. The summed E-state index contributed by atoms with van der Waals surface area (Å²) >= 11 is 0. The van der Waals surface area contributed by atoms with E-state index in [1.165, 1.54) is 29.2 Å². The highest BCUT2D eigenvalue weighted by atomic mass is 32.2. The summed E-state index contributed by atoms with van der Waals surface area (Å²) in [6.07, 6.45) is 1.79. The van der Waals surface area contributed by atoms with Crippen molar-refractivity contribution in [3.63, 3.8) is 0 Å². The number of nitrogens with zero attached hydrogens (tertiary/aromatic N) is 1. The number of hydrogen-bond acceptors (Lipinski definition) is 4. The largest absolute Gasteiger partial charge is 0.481 e. The number of hydrogen-bond donors (Lipinski definition) is 1. The van der Waals surface area contributed by atoms with E-state index in [2.05, 4.69) is 0 Å². The maximum absolute atomic E-state index is 12.2. The molecule has 1 aromatic carbocycles. The van der Waals surface area contributed by atoms with Crippen molar-refractivity contribution in [2.45, 2.75) is 37.5 Å². The van der Waals surface area contributed by atoms with Crippen LogP contribution in [0.3, 0.4) is 0 Å². The Labute approximate surface area is 137 Å². The van der Waals surface area contributed by atoms with E-state index in [9.17, 15) is 18.0 Å². The normalized spacial score (nSPS) is 11.2. The molecule has 128 valence electrons. The molecule has 0 unspecified atom stereocenters. The third-order valence-electron chi connectivity index (χ3n) is 3.46. The van der Waals surface area contributed by atoms with Crippen LogP contribution in [-0.4, -0.2) is 49.6 Å². The Hall–Kier alpha value is -1.89.